The number of likely N-dealkylation sites (N-methyl/N-ethyl adjacent to an activating group) is 2. The predicted octanol–water partition coefficient (Wildman–Crippen LogP) is 5.64. The molecule has 3 heterocycles. The molecule has 54 heavy (non-hydrogen) atoms. The van der Waals surface area contributed by atoms with E-state index in [1.807, 2.05) is 81.1 Å². The topological polar surface area (TPSA) is 157 Å². The summed E-state index contributed by atoms with van der Waals surface area (Å²) < 4.78 is 9.71. The number of aromatic nitrogens is 2. The van der Waals surface area contributed by atoms with E-state index in [1.165, 1.54) is 24.0 Å². The van der Waals surface area contributed by atoms with Gasteiger partial charge in [0.25, 0.3) is 0 Å². The molecule has 2 saturated heterocycles. The van der Waals surface area contributed by atoms with E-state index >= 15 is 0 Å². The molecule has 2 aliphatic heterocycles. The number of nitrogens with one attached hydrogen (secondary N) is 2. The molecule has 5 amide bonds. The van der Waals surface area contributed by atoms with Gasteiger partial charge < -0.3 is 29.6 Å². The molecule has 0 saturated carbocycles. The van der Waals surface area contributed by atoms with Crippen LogP contribution in [0.5, 0.6) is 0 Å². The van der Waals surface area contributed by atoms with Crippen LogP contribution in [0, 0.1) is 17.8 Å². The van der Waals surface area contributed by atoms with Crippen LogP contribution in [0.4, 0.5) is 15.3 Å². The Balaban J connectivity index is 1.18. The van der Waals surface area contributed by atoms with E-state index in [0.29, 0.717) is 31.0 Å². The molecule has 2 aromatic carbocycles. The van der Waals surface area contributed by atoms with E-state index in [1.54, 1.807) is 25.2 Å². The van der Waals surface area contributed by atoms with Crippen molar-refractivity contribution in [2.45, 2.75) is 65.1 Å². The van der Waals surface area contributed by atoms with Crippen LogP contribution in [0.25, 0.3) is 22.4 Å². The van der Waals surface area contributed by atoms with E-state index < -0.39 is 24.3 Å². The van der Waals surface area contributed by atoms with Gasteiger partial charge in [-0.05, 0) is 59.9 Å². The number of methoxy groups -OCH3 is 2. The molecule has 2 N–H and O–H groups in total. The van der Waals surface area contributed by atoms with Crippen molar-refractivity contribution >= 4 is 35.6 Å². The van der Waals surface area contributed by atoms with Crippen LogP contribution in [0.3, 0.4) is 0 Å². The molecule has 290 valence electrons. The van der Waals surface area contributed by atoms with Crippen LogP contribution in [0.2, 0.25) is 0 Å². The Hall–Kier alpha value is -5.40. The van der Waals surface area contributed by atoms with Gasteiger partial charge in [0.15, 0.2) is 0 Å². The number of benzene rings is 2. The minimum Gasteiger partial charge on any atom is -0.453 e. The molecule has 0 aliphatic carbocycles. The second-order valence-electron chi connectivity index (χ2n) is 14.8. The highest BCUT2D eigenvalue weighted by Gasteiger charge is 2.40. The summed E-state index contributed by atoms with van der Waals surface area (Å²) in [4.78, 5) is 78.9. The average molecular weight is 744 g/mol. The Bertz CT molecular complexity index is 1810. The Morgan fingerprint density at radius 1 is 0.778 bits per heavy atom. The maximum atomic E-state index is 13.7. The molecule has 0 radical (unpaired) electrons. The van der Waals surface area contributed by atoms with Gasteiger partial charge in [0.1, 0.15) is 17.9 Å². The smallest absolute Gasteiger partial charge is 0.409 e. The zero-order chi connectivity index (χ0) is 39.3. The van der Waals surface area contributed by atoms with Crippen LogP contribution in [0.1, 0.15) is 58.8 Å². The fourth-order valence-electron chi connectivity index (χ4n) is 7.64. The molecular formula is C40H53N7O7. The van der Waals surface area contributed by atoms with Gasteiger partial charge in [0.2, 0.25) is 17.7 Å². The average Bonchev–Trinajstić information content (AvgIpc) is 3.96. The monoisotopic (exact) mass is 743 g/mol. The van der Waals surface area contributed by atoms with Crippen molar-refractivity contribution < 1.29 is 33.4 Å². The van der Waals surface area contributed by atoms with Crippen molar-refractivity contribution in [3.05, 3.63) is 60.6 Å². The highest BCUT2D eigenvalue weighted by atomic mass is 16.5. The summed E-state index contributed by atoms with van der Waals surface area (Å²) in [5.74, 6) is -0.328. The summed E-state index contributed by atoms with van der Waals surface area (Å²) in [5, 5.41) is 2.99. The Labute approximate surface area is 317 Å². The van der Waals surface area contributed by atoms with Crippen LogP contribution >= 0.6 is 0 Å². The lowest BCUT2D eigenvalue weighted by atomic mass is 10.0. The Morgan fingerprint density at radius 2 is 1.31 bits per heavy atom. The third-order valence-corrected chi connectivity index (χ3v) is 10.5. The first-order valence-electron chi connectivity index (χ1n) is 18.5. The molecule has 5 rings (SSSR count). The largest absolute Gasteiger partial charge is 0.453 e. The summed E-state index contributed by atoms with van der Waals surface area (Å²) in [5.41, 5.74) is 4.43. The van der Waals surface area contributed by atoms with Crippen molar-refractivity contribution in [2.24, 2.45) is 17.8 Å². The first-order valence-corrected chi connectivity index (χ1v) is 18.5. The number of amides is 5. The molecular weight excluding hydrogens is 690 g/mol. The number of carbonyl (C=O) groups excluding carboxylic acids is 5. The van der Waals surface area contributed by atoms with E-state index in [2.05, 4.69) is 15.3 Å². The lowest BCUT2D eigenvalue weighted by Gasteiger charge is -2.34. The maximum absolute atomic E-state index is 13.7. The number of rotatable bonds is 11. The highest BCUT2D eigenvalue weighted by Crippen LogP contribution is 2.34. The quantitative estimate of drug-likeness (QED) is 0.256. The van der Waals surface area contributed by atoms with Crippen molar-refractivity contribution in [1.29, 1.82) is 0 Å². The number of nitrogens with zero attached hydrogens (tertiary/aromatic N) is 5. The summed E-state index contributed by atoms with van der Waals surface area (Å²) in [6, 6.07) is 14.2. The van der Waals surface area contributed by atoms with Gasteiger partial charge in [-0.25, -0.2) is 14.6 Å². The van der Waals surface area contributed by atoms with Gasteiger partial charge in [0.05, 0.1) is 38.1 Å². The van der Waals surface area contributed by atoms with Crippen LogP contribution < -0.4 is 5.32 Å². The maximum Gasteiger partial charge on any atom is 0.409 e. The number of aromatic amines is 1. The standard InChI is InChI=1S/C40H53N7O7/c1-24(2)33(44(5)39(51)53-7)37(49)46-21-19-29(23-46)36(48)42-30-17-15-27(16-18-30)26-11-13-28(14-12-26)31-22-41-35(43-31)32-10-9-20-47(32)38(50)34(25(3)4)45(6)40(52)54-8/h11-18,22,24-25,29,32-34H,9-10,19-21,23H2,1-8H3,(H,41,43)(H,42,48)/t29-,32+,33+,34-/m1/s1. The Morgan fingerprint density at radius 3 is 1.87 bits per heavy atom. The molecule has 1 aromatic heterocycles. The third-order valence-electron chi connectivity index (χ3n) is 10.5. The molecule has 2 fully saturated rings. The molecule has 0 spiro atoms. The van der Waals surface area contributed by atoms with Crippen LogP contribution in [0.15, 0.2) is 54.7 Å². The predicted molar refractivity (Wildman–Crippen MR) is 204 cm³/mol. The number of ether oxygens (including phenoxy) is 2. The normalized spacial score (nSPS) is 18.0. The van der Waals surface area contributed by atoms with E-state index in [9.17, 15) is 24.0 Å². The number of anilines is 1. The molecule has 0 bridgehead atoms. The van der Waals surface area contributed by atoms with Gasteiger partial charge >= 0.3 is 12.2 Å². The number of imidazole rings is 1. The minimum atomic E-state index is -0.676. The van der Waals surface area contributed by atoms with Crippen LogP contribution in [-0.4, -0.2) is 120 Å². The molecule has 0 unspecified atom stereocenters. The number of carbonyl (C=O) groups is 5. The number of hydrogen-bond donors (Lipinski definition) is 2. The van der Waals surface area contributed by atoms with Crippen LogP contribution in [-0.2, 0) is 23.9 Å². The van der Waals surface area contributed by atoms with Gasteiger partial charge in [-0.2, -0.15) is 0 Å². The van der Waals surface area contributed by atoms with Crippen molar-refractivity contribution in [3.8, 4) is 22.4 Å². The Kier molecular flexibility index (Phi) is 12.7. The fraction of sp³-hybridized carbons (Fsp3) is 0.500. The van der Waals surface area contributed by atoms with Gasteiger partial charge in [-0.3, -0.25) is 24.2 Å². The third kappa shape index (κ3) is 8.53. The molecule has 14 heteroatoms. The summed E-state index contributed by atoms with van der Waals surface area (Å²) >= 11 is 0. The van der Waals surface area contributed by atoms with E-state index in [-0.39, 0.29) is 48.1 Å². The molecule has 3 aromatic rings. The van der Waals surface area contributed by atoms with Crippen molar-refractivity contribution in [1.82, 2.24) is 29.6 Å². The summed E-state index contributed by atoms with van der Waals surface area (Å²) in [6.45, 7) is 8.92. The van der Waals surface area contributed by atoms with Gasteiger partial charge in [0, 0.05) is 39.4 Å². The zero-order valence-corrected chi connectivity index (χ0v) is 32.5. The first-order chi connectivity index (χ1) is 25.7. The second-order valence-corrected chi connectivity index (χ2v) is 14.8. The molecule has 14 nitrogen and oxygen atoms in total. The fourth-order valence-corrected chi connectivity index (χ4v) is 7.64. The highest BCUT2D eigenvalue weighted by molar-refractivity contribution is 5.94. The number of H-pyrrole nitrogens is 1. The molecule has 4 atom stereocenters. The SMILES string of the molecule is COC(=O)N(C)[C@H](C(=O)N1CC[C@@H](C(=O)Nc2ccc(-c3ccc(-c4cnc([C@@H]5CCCN5C(=O)[C@@H](C(C)C)N(C)C(=O)OC)[nH]4)cc3)cc2)C1)C(C)C. The first kappa shape index (κ1) is 39.8. The van der Waals surface area contributed by atoms with E-state index in [4.69, 9.17) is 9.47 Å². The summed E-state index contributed by atoms with van der Waals surface area (Å²) in [7, 11) is 5.74. The zero-order valence-electron chi connectivity index (χ0n) is 32.5. The number of likely N-dealkylation sites (tertiary alicyclic amines) is 2. The lowest BCUT2D eigenvalue weighted by molar-refractivity contribution is -0.139. The lowest BCUT2D eigenvalue weighted by Crippen LogP contribution is -2.51. The van der Waals surface area contributed by atoms with E-state index in [0.717, 1.165) is 35.2 Å². The molecule has 2 aliphatic rings. The van der Waals surface area contributed by atoms with Gasteiger partial charge in [-0.1, -0.05) is 64.1 Å². The number of hydrogen-bond acceptors (Lipinski definition) is 8. The van der Waals surface area contributed by atoms with Gasteiger partial charge in [-0.15, -0.1) is 0 Å². The van der Waals surface area contributed by atoms with Crippen molar-refractivity contribution in [3.63, 3.8) is 0 Å². The second kappa shape index (κ2) is 17.2. The van der Waals surface area contributed by atoms with Crippen molar-refractivity contribution in [2.75, 3.05) is 53.3 Å². The summed E-state index contributed by atoms with van der Waals surface area (Å²) in [6.07, 6.45) is 2.81. The minimum absolute atomic E-state index is 0.0990.